The van der Waals surface area contributed by atoms with E-state index in [-0.39, 0.29) is 18.6 Å². The molecule has 0 saturated carbocycles. The van der Waals surface area contributed by atoms with Crippen molar-refractivity contribution in [3.63, 3.8) is 0 Å². The summed E-state index contributed by atoms with van der Waals surface area (Å²) in [5, 5.41) is 14.5. The Labute approximate surface area is 138 Å². The second kappa shape index (κ2) is 7.85. The molecule has 1 saturated heterocycles. The average molecular weight is 345 g/mol. The van der Waals surface area contributed by atoms with Gasteiger partial charge in [-0.25, -0.2) is 4.79 Å². The van der Waals surface area contributed by atoms with Gasteiger partial charge in [-0.05, 0) is 31.0 Å². The number of rotatable bonds is 5. The molecule has 0 aliphatic carbocycles. The summed E-state index contributed by atoms with van der Waals surface area (Å²) < 4.78 is 37.6. The summed E-state index contributed by atoms with van der Waals surface area (Å²) in [6, 6.07) is 4.82. The summed E-state index contributed by atoms with van der Waals surface area (Å²) in [6.45, 7) is 3.73. The first-order valence-corrected chi connectivity index (χ1v) is 7.85. The smallest absolute Gasteiger partial charge is 0.392 e. The molecule has 1 aromatic rings. The Hall–Kier alpha value is -1.80. The number of alkyl halides is 3. The molecule has 8 heteroatoms. The molecule has 134 valence electrons. The molecule has 1 heterocycles. The van der Waals surface area contributed by atoms with E-state index in [9.17, 15) is 18.0 Å². The third-order valence-electron chi connectivity index (χ3n) is 3.85. The van der Waals surface area contributed by atoms with E-state index in [1.54, 1.807) is 6.92 Å². The number of urea groups is 1. The summed E-state index contributed by atoms with van der Waals surface area (Å²) in [7, 11) is 0. The number of nitrogens with zero attached hydrogens (tertiary/aromatic N) is 1. The van der Waals surface area contributed by atoms with Gasteiger partial charge in [-0.3, -0.25) is 4.90 Å². The molecule has 0 aromatic heterocycles. The highest BCUT2D eigenvalue weighted by molar-refractivity contribution is 5.74. The van der Waals surface area contributed by atoms with E-state index in [4.69, 9.17) is 5.11 Å². The zero-order valence-electron chi connectivity index (χ0n) is 13.4. The van der Waals surface area contributed by atoms with Crippen LogP contribution in [0.4, 0.5) is 18.0 Å². The number of amides is 2. The lowest BCUT2D eigenvalue weighted by Crippen LogP contribution is -2.45. The number of likely N-dealkylation sites (tertiary alicyclic amines) is 1. The number of aliphatic hydroxyl groups excluding tert-OH is 1. The zero-order valence-corrected chi connectivity index (χ0v) is 13.4. The number of carbonyl (C=O) groups is 1. The third kappa shape index (κ3) is 5.68. The van der Waals surface area contributed by atoms with Crippen molar-refractivity contribution >= 4 is 6.03 Å². The van der Waals surface area contributed by atoms with E-state index in [1.165, 1.54) is 12.1 Å². The van der Waals surface area contributed by atoms with Crippen LogP contribution in [0, 0.1) is 0 Å². The lowest BCUT2D eigenvalue weighted by atomic mass is 10.1. The van der Waals surface area contributed by atoms with Crippen molar-refractivity contribution in [2.24, 2.45) is 0 Å². The molecule has 1 aliphatic rings. The minimum atomic E-state index is -4.32. The molecule has 2 rings (SSSR count). The predicted octanol–water partition coefficient (Wildman–Crippen LogP) is 1.96. The van der Waals surface area contributed by atoms with Crippen molar-refractivity contribution in [3.05, 3.63) is 35.4 Å². The van der Waals surface area contributed by atoms with Gasteiger partial charge in [-0.2, -0.15) is 13.2 Å². The second-order valence-electron chi connectivity index (χ2n) is 6.12. The van der Waals surface area contributed by atoms with Crippen LogP contribution in [0.15, 0.2) is 24.3 Å². The van der Waals surface area contributed by atoms with Gasteiger partial charge in [0.2, 0.25) is 0 Å². The molecule has 1 aromatic carbocycles. The van der Waals surface area contributed by atoms with Crippen molar-refractivity contribution < 1.29 is 23.1 Å². The van der Waals surface area contributed by atoms with E-state index >= 15 is 0 Å². The van der Waals surface area contributed by atoms with Gasteiger partial charge in [0.25, 0.3) is 0 Å². The molecule has 2 amide bonds. The van der Waals surface area contributed by atoms with Crippen LogP contribution >= 0.6 is 0 Å². The Bertz CT molecular complexity index is 546. The van der Waals surface area contributed by atoms with Crippen molar-refractivity contribution in [2.45, 2.75) is 38.2 Å². The second-order valence-corrected chi connectivity index (χ2v) is 6.12. The van der Waals surface area contributed by atoms with Crippen LogP contribution in [0.2, 0.25) is 0 Å². The maximum Gasteiger partial charge on any atom is 0.416 e. The molecule has 0 unspecified atom stereocenters. The van der Waals surface area contributed by atoms with Crippen LogP contribution in [-0.4, -0.2) is 47.8 Å². The molecule has 1 fully saturated rings. The highest BCUT2D eigenvalue weighted by Gasteiger charge is 2.30. The van der Waals surface area contributed by atoms with E-state index < -0.39 is 17.8 Å². The van der Waals surface area contributed by atoms with Crippen molar-refractivity contribution in [1.29, 1.82) is 0 Å². The lowest BCUT2D eigenvalue weighted by Gasteiger charge is -2.17. The summed E-state index contributed by atoms with van der Waals surface area (Å²) in [4.78, 5) is 13.7. The Kier molecular flexibility index (Phi) is 6.06. The van der Waals surface area contributed by atoms with Gasteiger partial charge in [0.05, 0.1) is 11.7 Å². The molecule has 24 heavy (non-hydrogen) atoms. The van der Waals surface area contributed by atoms with E-state index in [1.807, 2.05) is 0 Å². The Morgan fingerprint density at radius 2 is 2.04 bits per heavy atom. The van der Waals surface area contributed by atoms with Crippen LogP contribution in [0.25, 0.3) is 0 Å². The monoisotopic (exact) mass is 345 g/mol. The molecule has 1 aliphatic heterocycles. The highest BCUT2D eigenvalue weighted by atomic mass is 19.4. The van der Waals surface area contributed by atoms with E-state index in [0.717, 1.165) is 30.7 Å². The van der Waals surface area contributed by atoms with Gasteiger partial charge in [0.1, 0.15) is 0 Å². The number of hydrogen-bond donors (Lipinski definition) is 3. The Balaban J connectivity index is 1.78. The molecule has 3 N–H and O–H groups in total. The van der Waals surface area contributed by atoms with Gasteiger partial charge in [-0.1, -0.05) is 12.1 Å². The first kappa shape index (κ1) is 18.5. The zero-order chi connectivity index (χ0) is 17.7. The maximum absolute atomic E-state index is 12.5. The fourth-order valence-corrected chi connectivity index (χ4v) is 2.63. The maximum atomic E-state index is 12.5. The van der Waals surface area contributed by atoms with Crippen LogP contribution in [0.1, 0.15) is 24.5 Å². The quantitative estimate of drug-likeness (QED) is 0.764. The molecule has 0 radical (unpaired) electrons. The van der Waals surface area contributed by atoms with Crippen LogP contribution in [0.5, 0.6) is 0 Å². The number of hydrogen-bond acceptors (Lipinski definition) is 3. The predicted molar refractivity (Wildman–Crippen MR) is 83.3 cm³/mol. The standard InChI is InChI=1S/C16H22F3N3O2/c1-11(23)8-20-15(24)21-14-6-7-22(10-14)9-12-2-4-13(5-3-12)16(17,18)19/h2-5,11,14,23H,6-10H2,1H3,(H2,20,21,24)/t11-,14-/m1/s1. The molecular weight excluding hydrogens is 323 g/mol. The van der Waals surface area contributed by atoms with Gasteiger partial charge in [-0.15, -0.1) is 0 Å². The van der Waals surface area contributed by atoms with Gasteiger partial charge < -0.3 is 15.7 Å². The summed E-state index contributed by atoms with van der Waals surface area (Å²) in [5.41, 5.74) is 0.157. The van der Waals surface area contributed by atoms with Gasteiger partial charge >= 0.3 is 12.2 Å². The molecule has 5 nitrogen and oxygen atoms in total. The molecular formula is C16H22F3N3O2. The molecule has 0 spiro atoms. The third-order valence-corrected chi connectivity index (χ3v) is 3.85. The Morgan fingerprint density at radius 3 is 2.62 bits per heavy atom. The molecule has 2 atom stereocenters. The number of halogens is 3. The molecule has 0 bridgehead atoms. The Morgan fingerprint density at radius 1 is 1.38 bits per heavy atom. The first-order valence-electron chi connectivity index (χ1n) is 7.85. The minimum absolute atomic E-state index is 0.00607. The van der Waals surface area contributed by atoms with Crippen molar-refractivity contribution in [2.75, 3.05) is 19.6 Å². The fraction of sp³-hybridized carbons (Fsp3) is 0.562. The van der Waals surface area contributed by atoms with E-state index in [2.05, 4.69) is 15.5 Å². The largest absolute Gasteiger partial charge is 0.416 e. The fourth-order valence-electron chi connectivity index (χ4n) is 2.63. The van der Waals surface area contributed by atoms with Gasteiger partial charge in [0, 0.05) is 32.2 Å². The topological polar surface area (TPSA) is 64.6 Å². The van der Waals surface area contributed by atoms with E-state index in [0.29, 0.717) is 13.1 Å². The van der Waals surface area contributed by atoms with Crippen LogP contribution in [-0.2, 0) is 12.7 Å². The minimum Gasteiger partial charge on any atom is -0.392 e. The highest BCUT2D eigenvalue weighted by Crippen LogP contribution is 2.29. The van der Waals surface area contributed by atoms with Crippen LogP contribution in [0.3, 0.4) is 0 Å². The summed E-state index contributed by atoms with van der Waals surface area (Å²) >= 11 is 0. The average Bonchev–Trinajstić information content (AvgIpc) is 2.92. The number of benzene rings is 1. The van der Waals surface area contributed by atoms with Crippen molar-refractivity contribution in [3.8, 4) is 0 Å². The SMILES string of the molecule is C[C@@H](O)CNC(=O)N[C@@H]1CCN(Cc2ccc(C(F)(F)F)cc2)C1. The summed E-state index contributed by atoms with van der Waals surface area (Å²) in [5.74, 6) is 0. The number of aliphatic hydroxyl groups is 1. The normalized spacial score (nSPS) is 20.0. The van der Waals surface area contributed by atoms with Gasteiger partial charge in [0.15, 0.2) is 0 Å². The van der Waals surface area contributed by atoms with Crippen LogP contribution < -0.4 is 10.6 Å². The van der Waals surface area contributed by atoms with Crippen molar-refractivity contribution in [1.82, 2.24) is 15.5 Å². The summed E-state index contributed by atoms with van der Waals surface area (Å²) in [6.07, 6.45) is -4.14. The first-order chi connectivity index (χ1) is 11.2. The lowest BCUT2D eigenvalue weighted by molar-refractivity contribution is -0.137. The number of nitrogens with one attached hydrogen (secondary N) is 2. The number of carbonyl (C=O) groups excluding carboxylic acids is 1.